The molecule has 0 N–H and O–H groups in total. The lowest BCUT2D eigenvalue weighted by Crippen LogP contribution is -2.21. The first-order valence-electron chi connectivity index (χ1n) is 7.72. The zero-order valence-electron chi connectivity index (χ0n) is 13.8. The molecule has 1 aromatic carbocycles. The molecule has 0 saturated heterocycles. The van der Waals surface area contributed by atoms with Gasteiger partial charge in [0.15, 0.2) is 0 Å². The topological polar surface area (TPSA) is 51.0 Å². The Morgan fingerprint density at radius 1 is 1.36 bits per heavy atom. The van der Waals surface area contributed by atoms with E-state index in [1.807, 2.05) is 35.1 Å². The number of rotatable bonds is 6. The van der Waals surface area contributed by atoms with E-state index in [0.29, 0.717) is 18.0 Å². The largest absolute Gasteiger partial charge is 0.345 e. The molecule has 1 amide bonds. The van der Waals surface area contributed by atoms with Gasteiger partial charge >= 0.3 is 0 Å². The molecule has 1 atom stereocenters. The van der Waals surface area contributed by atoms with Gasteiger partial charge in [0.1, 0.15) is 0 Å². The van der Waals surface area contributed by atoms with Gasteiger partial charge in [0.05, 0.1) is 12.2 Å². The summed E-state index contributed by atoms with van der Waals surface area (Å²) in [6.45, 7) is 4.97. The molecule has 2 rings (SSSR count). The van der Waals surface area contributed by atoms with E-state index in [-0.39, 0.29) is 5.91 Å². The Hall–Kier alpha value is -2.17. The van der Waals surface area contributed by atoms with Crippen LogP contribution in [0.5, 0.6) is 0 Å². The second-order valence-electron chi connectivity index (χ2n) is 5.93. The van der Waals surface area contributed by atoms with Crippen molar-refractivity contribution in [2.24, 2.45) is 0 Å². The molecule has 1 aromatic heterocycles. The molecule has 1 heterocycles. The first kappa shape index (κ1) is 16.2. The van der Waals surface area contributed by atoms with Crippen molar-refractivity contribution in [3.8, 4) is 0 Å². The molecular weight excluding hydrogens is 276 g/mol. The van der Waals surface area contributed by atoms with Gasteiger partial charge < -0.3 is 4.90 Å². The Balaban J connectivity index is 2.11. The summed E-state index contributed by atoms with van der Waals surface area (Å²) in [7, 11) is 3.52. The first-order chi connectivity index (χ1) is 10.5. The fourth-order valence-electron chi connectivity index (χ4n) is 2.45. The molecule has 0 aliphatic heterocycles. The van der Waals surface area contributed by atoms with Crippen molar-refractivity contribution < 1.29 is 4.79 Å². The normalized spacial score (nSPS) is 12.2. The number of carbonyl (C=O) groups is 1. The summed E-state index contributed by atoms with van der Waals surface area (Å²) in [6.07, 6.45) is 4.26. The summed E-state index contributed by atoms with van der Waals surface area (Å²) < 4.78 is 1.83. The minimum Gasteiger partial charge on any atom is -0.345 e. The lowest BCUT2D eigenvalue weighted by molar-refractivity contribution is 0.0827. The van der Waals surface area contributed by atoms with Crippen LogP contribution >= 0.6 is 0 Å². The molecule has 22 heavy (non-hydrogen) atoms. The fourth-order valence-corrected chi connectivity index (χ4v) is 2.45. The van der Waals surface area contributed by atoms with Crippen molar-refractivity contribution in [3.63, 3.8) is 0 Å². The molecule has 5 heteroatoms. The molecule has 5 nitrogen and oxygen atoms in total. The molecule has 0 aliphatic carbocycles. The Morgan fingerprint density at radius 2 is 2.14 bits per heavy atom. The van der Waals surface area contributed by atoms with Gasteiger partial charge in [-0.3, -0.25) is 4.79 Å². The SMILES string of the molecule is CCC[C@H](C)c1cn(Cc2cccc(C(=O)N(C)C)c2)nn1. The smallest absolute Gasteiger partial charge is 0.253 e. The molecule has 2 aromatic rings. The summed E-state index contributed by atoms with van der Waals surface area (Å²) in [6, 6.07) is 7.66. The third-order valence-electron chi connectivity index (χ3n) is 3.71. The number of benzene rings is 1. The van der Waals surface area contributed by atoms with Crippen molar-refractivity contribution >= 4 is 5.91 Å². The van der Waals surface area contributed by atoms with Crippen molar-refractivity contribution in [3.05, 3.63) is 47.3 Å². The summed E-state index contributed by atoms with van der Waals surface area (Å²) in [4.78, 5) is 13.6. The monoisotopic (exact) mass is 300 g/mol. The van der Waals surface area contributed by atoms with E-state index < -0.39 is 0 Å². The molecule has 0 radical (unpaired) electrons. The number of hydrogen-bond acceptors (Lipinski definition) is 3. The van der Waals surface area contributed by atoms with Crippen LogP contribution in [0.1, 0.15) is 54.2 Å². The Kier molecular flexibility index (Phi) is 5.31. The van der Waals surface area contributed by atoms with Gasteiger partial charge in [-0.2, -0.15) is 0 Å². The van der Waals surface area contributed by atoms with E-state index in [1.165, 1.54) is 0 Å². The number of carbonyl (C=O) groups excluding carboxylic acids is 1. The maximum Gasteiger partial charge on any atom is 0.253 e. The van der Waals surface area contributed by atoms with Gasteiger partial charge in [-0.05, 0) is 24.1 Å². The molecule has 118 valence electrons. The van der Waals surface area contributed by atoms with E-state index in [1.54, 1.807) is 19.0 Å². The first-order valence-corrected chi connectivity index (χ1v) is 7.72. The molecule has 0 fully saturated rings. The van der Waals surface area contributed by atoms with Gasteiger partial charge in [0.25, 0.3) is 5.91 Å². The molecule has 0 spiro atoms. The summed E-state index contributed by atoms with van der Waals surface area (Å²) in [5.74, 6) is 0.443. The number of hydrogen-bond donors (Lipinski definition) is 0. The van der Waals surface area contributed by atoms with Crippen molar-refractivity contribution in [2.75, 3.05) is 14.1 Å². The van der Waals surface area contributed by atoms with Gasteiger partial charge in [0.2, 0.25) is 0 Å². The van der Waals surface area contributed by atoms with Crippen molar-refractivity contribution in [2.45, 2.75) is 39.2 Å². The number of nitrogens with zero attached hydrogens (tertiary/aromatic N) is 4. The standard InChI is InChI=1S/C17H24N4O/c1-5-7-13(2)16-12-21(19-18-16)11-14-8-6-9-15(10-14)17(22)20(3)4/h6,8-10,12-13H,5,7,11H2,1-4H3/t13-/m0/s1. The Morgan fingerprint density at radius 3 is 2.82 bits per heavy atom. The minimum absolute atomic E-state index is 0.0118. The highest BCUT2D eigenvalue weighted by Gasteiger charge is 2.11. The second-order valence-corrected chi connectivity index (χ2v) is 5.93. The van der Waals surface area contributed by atoms with E-state index >= 15 is 0 Å². The highest BCUT2D eigenvalue weighted by molar-refractivity contribution is 5.94. The molecular formula is C17H24N4O. The van der Waals surface area contributed by atoms with Gasteiger partial charge in [-0.1, -0.05) is 37.6 Å². The second kappa shape index (κ2) is 7.20. The molecule has 0 bridgehead atoms. The molecule has 0 saturated carbocycles. The average molecular weight is 300 g/mol. The predicted molar refractivity (Wildman–Crippen MR) is 86.9 cm³/mol. The van der Waals surface area contributed by atoms with E-state index in [9.17, 15) is 4.79 Å². The highest BCUT2D eigenvalue weighted by Crippen LogP contribution is 2.18. The van der Waals surface area contributed by atoms with Crippen LogP contribution in [0.3, 0.4) is 0 Å². The maximum absolute atomic E-state index is 12.0. The number of amides is 1. The third-order valence-corrected chi connectivity index (χ3v) is 3.71. The van der Waals surface area contributed by atoms with Crippen LogP contribution in [-0.2, 0) is 6.54 Å². The summed E-state index contributed by atoms with van der Waals surface area (Å²) in [5, 5.41) is 8.45. The quantitative estimate of drug-likeness (QED) is 0.824. The lowest BCUT2D eigenvalue weighted by atomic mass is 10.0. The average Bonchev–Trinajstić information content (AvgIpc) is 2.95. The van der Waals surface area contributed by atoms with Gasteiger partial charge in [-0.15, -0.1) is 5.10 Å². The van der Waals surface area contributed by atoms with Crippen LogP contribution in [0, 0.1) is 0 Å². The van der Waals surface area contributed by atoms with Crippen LogP contribution < -0.4 is 0 Å². The Labute approximate surface area is 131 Å². The minimum atomic E-state index is 0.0118. The lowest BCUT2D eigenvalue weighted by Gasteiger charge is -2.11. The van der Waals surface area contributed by atoms with E-state index in [2.05, 4.69) is 24.2 Å². The van der Waals surface area contributed by atoms with Crippen LogP contribution in [0.15, 0.2) is 30.5 Å². The van der Waals surface area contributed by atoms with Gasteiger partial charge in [-0.25, -0.2) is 4.68 Å². The zero-order chi connectivity index (χ0) is 16.1. The molecule has 0 aliphatic rings. The van der Waals surface area contributed by atoms with Crippen molar-refractivity contribution in [1.82, 2.24) is 19.9 Å². The van der Waals surface area contributed by atoms with Crippen LogP contribution in [0.25, 0.3) is 0 Å². The van der Waals surface area contributed by atoms with Crippen LogP contribution in [0.2, 0.25) is 0 Å². The summed E-state index contributed by atoms with van der Waals surface area (Å²) >= 11 is 0. The highest BCUT2D eigenvalue weighted by atomic mass is 16.2. The Bertz CT molecular complexity index is 633. The van der Waals surface area contributed by atoms with E-state index in [4.69, 9.17) is 0 Å². The number of aromatic nitrogens is 3. The predicted octanol–water partition coefficient (Wildman–Crippen LogP) is 2.93. The van der Waals surface area contributed by atoms with Crippen molar-refractivity contribution in [1.29, 1.82) is 0 Å². The van der Waals surface area contributed by atoms with Crippen LogP contribution in [0.4, 0.5) is 0 Å². The zero-order valence-corrected chi connectivity index (χ0v) is 13.8. The van der Waals surface area contributed by atoms with Gasteiger partial charge in [0, 0.05) is 31.8 Å². The molecule has 0 unspecified atom stereocenters. The van der Waals surface area contributed by atoms with Crippen LogP contribution in [-0.4, -0.2) is 39.9 Å². The maximum atomic E-state index is 12.0. The third kappa shape index (κ3) is 3.93. The fraction of sp³-hybridized carbons (Fsp3) is 0.471. The van der Waals surface area contributed by atoms with E-state index in [0.717, 1.165) is 24.1 Å². The summed E-state index contributed by atoms with van der Waals surface area (Å²) in [5.41, 5.74) is 2.77.